The molecule has 1 fully saturated rings. The summed E-state index contributed by atoms with van der Waals surface area (Å²) in [4.78, 5) is 32.1. The lowest BCUT2D eigenvalue weighted by molar-refractivity contribution is -0.0788. The average Bonchev–Trinajstić information content (AvgIpc) is 3.67. The maximum atomic E-state index is 13.1. The highest BCUT2D eigenvalue weighted by Crippen LogP contribution is 2.44. The van der Waals surface area contributed by atoms with Crippen LogP contribution in [-0.2, 0) is 29.9 Å². The minimum Gasteiger partial charge on any atom is -0.378 e. The quantitative estimate of drug-likeness (QED) is 0.162. The van der Waals surface area contributed by atoms with Crippen LogP contribution in [-0.4, -0.2) is 66.5 Å². The Morgan fingerprint density at radius 2 is 1.59 bits per heavy atom. The minimum atomic E-state index is -0.184. The number of rotatable bonds is 10. The van der Waals surface area contributed by atoms with Gasteiger partial charge in [-0.05, 0) is 86.0 Å². The summed E-state index contributed by atoms with van der Waals surface area (Å²) in [5.41, 5.74) is 7.26. The van der Waals surface area contributed by atoms with Crippen molar-refractivity contribution in [2.45, 2.75) is 57.3 Å². The van der Waals surface area contributed by atoms with E-state index in [1.807, 2.05) is 31.1 Å². The Labute approximate surface area is 260 Å². The Hall–Kier alpha value is -3.94. The van der Waals surface area contributed by atoms with Gasteiger partial charge in [0, 0.05) is 63.1 Å². The Bertz CT molecular complexity index is 1700. The zero-order chi connectivity index (χ0) is 30.3. The number of para-hydroxylation sites is 1. The van der Waals surface area contributed by atoms with E-state index in [1.165, 1.54) is 38.9 Å². The molecule has 44 heavy (non-hydrogen) atoms. The molecule has 3 aromatic carbocycles. The molecule has 3 aliphatic heterocycles. The van der Waals surface area contributed by atoms with Crippen LogP contribution in [0.4, 0.5) is 5.69 Å². The van der Waals surface area contributed by atoms with Crippen LogP contribution in [0.1, 0.15) is 69.5 Å². The molecule has 0 aliphatic carbocycles. The van der Waals surface area contributed by atoms with Crippen molar-refractivity contribution in [1.82, 2.24) is 14.4 Å². The zero-order valence-corrected chi connectivity index (χ0v) is 25.9. The van der Waals surface area contributed by atoms with E-state index in [9.17, 15) is 9.59 Å². The van der Waals surface area contributed by atoms with Gasteiger partial charge in [-0.15, -0.1) is 0 Å². The third-order valence-corrected chi connectivity index (χ3v) is 9.97. The molecule has 0 saturated carbocycles. The van der Waals surface area contributed by atoms with Crippen molar-refractivity contribution < 1.29 is 14.3 Å². The van der Waals surface area contributed by atoms with Crippen LogP contribution in [0.3, 0.4) is 0 Å². The number of hydrogen-bond acceptors (Lipinski definition) is 5. The summed E-state index contributed by atoms with van der Waals surface area (Å²) >= 11 is 0. The van der Waals surface area contributed by atoms with Gasteiger partial charge in [-0.3, -0.25) is 14.5 Å². The number of aryl methyl sites for hydroxylation is 2. The van der Waals surface area contributed by atoms with E-state index in [4.69, 9.17) is 4.74 Å². The number of unbranched alkanes of at least 4 members (excludes halogenated alkanes) is 1. The van der Waals surface area contributed by atoms with Gasteiger partial charge < -0.3 is 19.1 Å². The number of anilines is 1. The number of benzene rings is 3. The van der Waals surface area contributed by atoms with E-state index in [0.717, 1.165) is 70.6 Å². The van der Waals surface area contributed by atoms with Gasteiger partial charge in [-0.2, -0.15) is 0 Å². The molecule has 3 aliphatic rings. The van der Waals surface area contributed by atoms with Gasteiger partial charge in [-0.1, -0.05) is 42.5 Å². The van der Waals surface area contributed by atoms with Crippen LogP contribution in [0.15, 0.2) is 72.9 Å². The molecule has 1 aromatic heterocycles. The molecule has 0 N–H and O–H groups in total. The number of carbonyl (C=O) groups is 2. The average molecular weight is 591 g/mol. The molecule has 0 unspecified atom stereocenters. The summed E-state index contributed by atoms with van der Waals surface area (Å²) in [5.74, 6) is -0.367. The van der Waals surface area contributed by atoms with E-state index in [1.54, 1.807) is 6.07 Å². The lowest BCUT2D eigenvalue weighted by Crippen LogP contribution is -2.42. The molecule has 7 heteroatoms. The summed E-state index contributed by atoms with van der Waals surface area (Å²) in [6, 6.07) is 22.8. The molecule has 228 valence electrons. The third-order valence-electron chi connectivity index (χ3n) is 9.97. The fraction of sp³-hybridized carbons (Fsp3) is 0.405. The van der Waals surface area contributed by atoms with Crippen molar-refractivity contribution >= 4 is 28.4 Å². The lowest BCUT2D eigenvalue weighted by atomic mass is 9.84. The number of carbonyl (C=O) groups excluding carboxylic acids is 2. The first kappa shape index (κ1) is 28.8. The largest absolute Gasteiger partial charge is 0.378 e. The van der Waals surface area contributed by atoms with Crippen LogP contribution in [0, 0.1) is 0 Å². The number of imide groups is 1. The van der Waals surface area contributed by atoms with Crippen molar-refractivity contribution in [3.63, 3.8) is 0 Å². The Morgan fingerprint density at radius 1 is 0.818 bits per heavy atom. The highest BCUT2D eigenvalue weighted by Gasteiger charge is 2.42. The SMILES string of the molecule is CN(C)c1ccc2c(c1)C(=O)N(CCCn1cc(CCCCN3CCC4(CC3)OCc3ccccc34)c3ccccc31)C2=O. The summed E-state index contributed by atoms with van der Waals surface area (Å²) in [6.45, 7) is 5.25. The zero-order valence-electron chi connectivity index (χ0n) is 25.9. The highest BCUT2D eigenvalue weighted by molar-refractivity contribution is 6.21. The molecule has 2 amide bonds. The normalized spacial score (nSPS) is 17.5. The van der Waals surface area contributed by atoms with Gasteiger partial charge in [0.25, 0.3) is 11.8 Å². The smallest absolute Gasteiger partial charge is 0.261 e. The first-order valence-corrected chi connectivity index (χ1v) is 16.1. The standard InChI is InChI=1S/C37H42N4O3/c1-38(2)29-15-16-31-32(24-29)36(43)41(35(31)42)21-9-20-40-25-27(30-12-4-6-14-34(30)40)10-7-8-19-39-22-17-37(18-23-39)33-13-5-3-11-28(33)26-44-37/h3-6,11-16,24-25H,7-10,17-23,26H2,1-2H3. The predicted octanol–water partition coefficient (Wildman–Crippen LogP) is 6.24. The van der Waals surface area contributed by atoms with Gasteiger partial charge in [0.1, 0.15) is 0 Å². The van der Waals surface area contributed by atoms with Crippen LogP contribution in [0.25, 0.3) is 10.9 Å². The Balaban J connectivity index is 0.917. The summed E-state index contributed by atoms with van der Waals surface area (Å²) in [6.07, 6.45) is 8.54. The van der Waals surface area contributed by atoms with Crippen molar-refractivity contribution in [2.24, 2.45) is 0 Å². The number of piperidine rings is 1. The first-order chi connectivity index (χ1) is 21.4. The van der Waals surface area contributed by atoms with Gasteiger partial charge in [0.2, 0.25) is 0 Å². The molecule has 0 bridgehead atoms. The number of likely N-dealkylation sites (tertiary alicyclic amines) is 1. The molecule has 7 rings (SSSR count). The van der Waals surface area contributed by atoms with Crippen LogP contribution in [0.5, 0.6) is 0 Å². The van der Waals surface area contributed by atoms with E-state index in [2.05, 4.69) is 64.2 Å². The van der Waals surface area contributed by atoms with Crippen molar-refractivity contribution in [3.05, 3.63) is 101 Å². The highest BCUT2D eigenvalue weighted by atomic mass is 16.5. The predicted molar refractivity (Wildman–Crippen MR) is 174 cm³/mol. The Morgan fingerprint density at radius 3 is 2.43 bits per heavy atom. The van der Waals surface area contributed by atoms with Gasteiger partial charge >= 0.3 is 0 Å². The van der Waals surface area contributed by atoms with Crippen molar-refractivity contribution in [3.8, 4) is 0 Å². The van der Waals surface area contributed by atoms with Crippen LogP contribution >= 0.6 is 0 Å². The number of amides is 2. The Kier molecular flexibility index (Phi) is 7.77. The molecular formula is C37H42N4O3. The molecule has 4 heterocycles. The summed E-state index contributed by atoms with van der Waals surface area (Å²) < 4.78 is 8.66. The van der Waals surface area contributed by atoms with Crippen molar-refractivity contribution in [1.29, 1.82) is 0 Å². The molecule has 7 nitrogen and oxygen atoms in total. The molecule has 4 aromatic rings. The van der Waals surface area contributed by atoms with Crippen LogP contribution in [0.2, 0.25) is 0 Å². The second-order valence-electron chi connectivity index (χ2n) is 12.8. The minimum absolute atomic E-state index is 0.0656. The number of aromatic nitrogens is 1. The molecule has 0 radical (unpaired) electrons. The van der Waals surface area contributed by atoms with E-state index in [0.29, 0.717) is 17.7 Å². The second kappa shape index (κ2) is 11.9. The maximum Gasteiger partial charge on any atom is 0.261 e. The maximum absolute atomic E-state index is 13.1. The molecule has 1 saturated heterocycles. The topological polar surface area (TPSA) is 58.0 Å². The summed E-state index contributed by atoms with van der Waals surface area (Å²) in [5, 5.41) is 1.31. The van der Waals surface area contributed by atoms with E-state index in [-0.39, 0.29) is 17.4 Å². The first-order valence-electron chi connectivity index (χ1n) is 16.1. The number of ether oxygens (including phenoxy) is 1. The fourth-order valence-corrected chi connectivity index (χ4v) is 7.45. The van der Waals surface area contributed by atoms with Gasteiger partial charge in [-0.25, -0.2) is 0 Å². The molecule has 0 atom stereocenters. The molecule has 1 spiro atoms. The lowest BCUT2D eigenvalue weighted by Gasteiger charge is -2.39. The van der Waals surface area contributed by atoms with Crippen LogP contribution < -0.4 is 4.90 Å². The van der Waals surface area contributed by atoms with Gasteiger partial charge in [0.15, 0.2) is 0 Å². The van der Waals surface area contributed by atoms with E-state index >= 15 is 0 Å². The van der Waals surface area contributed by atoms with Crippen molar-refractivity contribution in [2.75, 3.05) is 45.2 Å². The summed E-state index contributed by atoms with van der Waals surface area (Å²) in [7, 11) is 3.87. The second-order valence-corrected chi connectivity index (χ2v) is 12.8. The fourth-order valence-electron chi connectivity index (χ4n) is 7.45. The monoisotopic (exact) mass is 590 g/mol. The molecular weight excluding hydrogens is 548 g/mol. The number of fused-ring (bicyclic) bond motifs is 4. The number of nitrogens with zero attached hydrogens (tertiary/aromatic N) is 4. The van der Waals surface area contributed by atoms with E-state index < -0.39 is 0 Å². The number of hydrogen-bond donors (Lipinski definition) is 0. The third kappa shape index (κ3) is 5.22. The van der Waals surface area contributed by atoms with Gasteiger partial charge in [0.05, 0.1) is 23.3 Å².